The summed E-state index contributed by atoms with van der Waals surface area (Å²) in [4.78, 5) is 25.7. The highest BCUT2D eigenvalue weighted by Gasteiger charge is 2.60. The summed E-state index contributed by atoms with van der Waals surface area (Å²) in [6.07, 6.45) is 0.972. The number of alkyl halides is 1. The van der Waals surface area contributed by atoms with Crippen LogP contribution in [0.2, 0.25) is 0 Å². The number of esters is 1. The van der Waals surface area contributed by atoms with Crippen molar-refractivity contribution >= 4 is 11.9 Å². The first kappa shape index (κ1) is 15.9. The monoisotopic (exact) mass is 323 g/mol. The molecule has 124 valence electrons. The van der Waals surface area contributed by atoms with Crippen LogP contribution in [0, 0.1) is 18.2 Å². The summed E-state index contributed by atoms with van der Waals surface area (Å²) < 4.78 is 33.5. The number of methoxy groups -OCH3 is 1. The quantitative estimate of drug-likeness (QED) is 0.634. The van der Waals surface area contributed by atoms with E-state index in [2.05, 4.69) is 0 Å². The number of nitrogens with zero attached hydrogens (tertiary/aromatic N) is 1. The average Bonchev–Trinajstić information content (AvgIpc) is 3.22. The number of amides is 1. The summed E-state index contributed by atoms with van der Waals surface area (Å²) in [5, 5.41) is 0. The fourth-order valence-corrected chi connectivity index (χ4v) is 3.31. The van der Waals surface area contributed by atoms with Crippen molar-refractivity contribution in [3.05, 3.63) is 35.1 Å². The zero-order valence-electron chi connectivity index (χ0n) is 13.2. The average molecular weight is 323 g/mol. The van der Waals surface area contributed by atoms with Crippen molar-refractivity contribution in [2.45, 2.75) is 31.9 Å². The van der Waals surface area contributed by atoms with Crippen LogP contribution in [0.5, 0.6) is 0 Å². The molecule has 0 spiro atoms. The van der Waals surface area contributed by atoms with E-state index in [0.717, 1.165) is 0 Å². The molecule has 1 aliphatic carbocycles. The highest BCUT2D eigenvalue weighted by molar-refractivity contribution is 6.05. The molecule has 1 saturated heterocycles. The van der Waals surface area contributed by atoms with E-state index in [-0.39, 0.29) is 31.0 Å². The van der Waals surface area contributed by atoms with Crippen molar-refractivity contribution in [1.29, 1.82) is 0 Å². The second kappa shape index (κ2) is 5.28. The van der Waals surface area contributed by atoms with E-state index in [4.69, 9.17) is 4.74 Å². The first-order valence-electron chi connectivity index (χ1n) is 7.65. The molecule has 4 nitrogen and oxygen atoms in total. The van der Waals surface area contributed by atoms with Gasteiger partial charge in [-0.1, -0.05) is 6.07 Å². The van der Waals surface area contributed by atoms with E-state index >= 15 is 4.39 Å². The van der Waals surface area contributed by atoms with E-state index in [0.29, 0.717) is 18.4 Å². The third-order valence-electron chi connectivity index (χ3n) is 4.80. The van der Waals surface area contributed by atoms with Gasteiger partial charge in [-0.2, -0.15) is 0 Å². The van der Waals surface area contributed by atoms with Crippen LogP contribution in [0.3, 0.4) is 0 Å². The van der Waals surface area contributed by atoms with Gasteiger partial charge in [0.1, 0.15) is 11.2 Å². The smallest absolute Gasteiger partial charge is 0.321 e. The second-order valence-corrected chi connectivity index (χ2v) is 6.53. The SMILES string of the molecule is COC(=O)C1(C(=O)N2CC[C@](F)(c3cc(C)cc(F)c3)C2)CC1. The van der Waals surface area contributed by atoms with Crippen molar-refractivity contribution in [3.8, 4) is 0 Å². The molecule has 0 aromatic heterocycles. The molecular weight excluding hydrogens is 304 g/mol. The molecule has 1 amide bonds. The number of aryl methyl sites for hydroxylation is 1. The number of hydrogen-bond acceptors (Lipinski definition) is 3. The Hall–Kier alpha value is -1.98. The minimum atomic E-state index is -1.78. The van der Waals surface area contributed by atoms with Gasteiger partial charge in [-0.3, -0.25) is 9.59 Å². The summed E-state index contributed by atoms with van der Waals surface area (Å²) in [5.41, 5.74) is -2.03. The van der Waals surface area contributed by atoms with Gasteiger partial charge in [-0.15, -0.1) is 0 Å². The van der Waals surface area contributed by atoms with Crippen molar-refractivity contribution < 1.29 is 23.1 Å². The lowest BCUT2D eigenvalue weighted by atomic mass is 9.93. The van der Waals surface area contributed by atoms with Crippen molar-refractivity contribution in [2.24, 2.45) is 5.41 Å². The highest BCUT2D eigenvalue weighted by atomic mass is 19.1. The molecule has 23 heavy (non-hydrogen) atoms. The maximum atomic E-state index is 15.2. The van der Waals surface area contributed by atoms with Gasteiger partial charge in [0.05, 0.1) is 13.7 Å². The Kier molecular flexibility index (Phi) is 3.65. The van der Waals surface area contributed by atoms with Gasteiger partial charge < -0.3 is 9.64 Å². The predicted molar refractivity (Wildman–Crippen MR) is 78.8 cm³/mol. The number of hydrogen-bond donors (Lipinski definition) is 0. The first-order chi connectivity index (χ1) is 10.8. The Morgan fingerprint density at radius 1 is 1.22 bits per heavy atom. The molecular formula is C17H19F2NO3. The summed E-state index contributed by atoms with van der Waals surface area (Å²) >= 11 is 0. The molecule has 6 heteroatoms. The van der Waals surface area contributed by atoms with Crippen molar-refractivity contribution in [3.63, 3.8) is 0 Å². The molecule has 0 bridgehead atoms. The second-order valence-electron chi connectivity index (χ2n) is 6.53. The lowest BCUT2D eigenvalue weighted by Crippen LogP contribution is -2.41. The van der Waals surface area contributed by atoms with Gasteiger partial charge in [0.15, 0.2) is 5.67 Å². The van der Waals surface area contributed by atoms with Crippen LogP contribution in [0.1, 0.15) is 30.4 Å². The normalized spacial score (nSPS) is 25.3. The summed E-state index contributed by atoms with van der Waals surface area (Å²) in [7, 11) is 1.24. The molecule has 1 aliphatic heterocycles. The Balaban J connectivity index is 1.80. The van der Waals surface area contributed by atoms with Crippen LogP contribution >= 0.6 is 0 Å². The fourth-order valence-electron chi connectivity index (χ4n) is 3.31. The fraction of sp³-hybridized carbons (Fsp3) is 0.529. The van der Waals surface area contributed by atoms with Crippen LogP contribution in [0.25, 0.3) is 0 Å². The van der Waals surface area contributed by atoms with Gasteiger partial charge in [0.25, 0.3) is 0 Å². The molecule has 1 atom stereocenters. The molecule has 1 aromatic carbocycles. The van der Waals surface area contributed by atoms with Gasteiger partial charge >= 0.3 is 5.97 Å². The van der Waals surface area contributed by atoms with Crippen LogP contribution in [0.15, 0.2) is 18.2 Å². The Morgan fingerprint density at radius 2 is 1.91 bits per heavy atom. The molecule has 1 heterocycles. The first-order valence-corrected chi connectivity index (χ1v) is 7.65. The van der Waals surface area contributed by atoms with Gasteiger partial charge in [-0.05, 0) is 43.0 Å². The van der Waals surface area contributed by atoms with Gasteiger partial charge in [0, 0.05) is 13.0 Å². The zero-order chi connectivity index (χ0) is 16.8. The van der Waals surface area contributed by atoms with Crippen LogP contribution in [0.4, 0.5) is 8.78 Å². The number of rotatable bonds is 3. The number of carbonyl (C=O) groups is 2. The minimum Gasteiger partial charge on any atom is -0.468 e. The number of ether oxygens (including phenoxy) is 1. The van der Waals surface area contributed by atoms with Crippen LogP contribution in [-0.4, -0.2) is 37.0 Å². The maximum Gasteiger partial charge on any atom is 0.321 e. The van der Waals surface area contributed by atoms with Crippen molar-refractivity contribution in [2.75, 3.05) is 20.2 Å². The van der Waals surface area contributed by atoms with Gasteiger partial charge in [0.2, 0.25) is 5.91 Å². The standard InChI is InChI=1S/C17H19F2NO3/c1-11-7-12(9-13(18)8-11)17(19)5-6-20(10-17)14(21)16(3-4-16)15(22)23-2/h7-9H,3-6,10H2,1-2H3/t17-/m1/s1. The topological polar surface area (TPSA) is 46.6 Å². The number of likely N-dealkylation sites (tertiary alicyclic amines) is 1. The van der Waals surface area contributed by atoms with Crippen LogP contribution < -0.4 is 0 Å². The Labute approximate surface area is 133 Å². The highest BCUT2D eigenvalue weighted by Crippen LogP contribution is 2.50. The molecule has 0 N–H and O–H groups in total. The van der Waals surface area contributed by atoms with E-state index in [1.165, 1.54) is 24.1 Å². The minimum absolute atomic E-state index is 0.0961. The van der Waals surface area contributed by atoms with Crippen LogP contribution in [-0.2, 0) is 20.0 Å². The van der Waals surface area contributed by atoms with Gasteiger partial charge in [-0.25, -0.2) is 8.78 Å². The molecule has 3 rings (SSSR count). The zero-order valence-corrected chi connectivity index (χ0v) is 13.2. The number of benzene rings is 1. The van der Waals surface area contributed by atoms with E-state index in [1.54, 1.807) is 13.0 Å². The summed E-state index contributed by atoms with van der Waals surface area (Å²) in [6.45, 7) is 1.75. The third kappa shape index (κ3) is 2.60. The van der Waals surface area contributed by atoms with E-state index in [9.17, 15) is 14.0 Å². The van der Waals surface area contributed by atoms with Crippen molar-refractivity contribution in [1.82, 2.24) is 4.90 Å². The van der Waals surface area contributed by atoms with E-state index in [1.807, 2.05) is 0 Å². The largest absolute Gasteiger partial charge is 0.468 e. The Bertz CT molecular complexity index is 652. The predicted octanol–water partition coefficient (Wildman–Crippen LogP) is 2.48. The lowest BCUT2D eigenvalue weighted by Gasteiger charge is -2.24. The molecule has 2 fully saturated rings. The molecule has 2 aliphatic rings. The Morgan fingerprint density at radius 3 is 2.48 bits per heavy atom. The lowest BCUT2D eigenvalue weighted by molar-refractivity contribution is -0.155. The maximum absolute atomic E-state index is 15.2. The third-order valence-corrected chi connectivity index (χ3v) is 4.80. The summed E-state index contributed by atoms with van der Waals surface area (Å²) in [6, 6.07) is 4.11. The molecule has 0 radical (unpaired) electrons. The number of halogens is 2. The molecule has 1 aromatic rings. The number of carbonyl (C=O) groups excluding carboxylic acids is 2. The molecule has 1 saturated carbocycles. The summed E-state index contributed by atoms with van der Waals surface area (Å²) in [5.74, 6) is -1.42. The molecule has 0 unspecified atom stereocenters. The van der Waals surface area contributed by atoms with E-state index < -0.39 is 22.9 Å².